The summed E-state index contributed by atoms with van der Waals surface area (Å²) in [6.45, 7) is 2.16. The zero-order valence-electron chi connectivity index (χ0n) is 24.8. The number of amides is 2. The van der Waals surface area contributed by atoms with Crippen molar-refractivity contribution in [1.29, 1.82) is 0 Å². The van der Waals surface area contributed by atoms with Crippen LogP contribution in [0, 0.1) is 0 Å². The lowest BCUT2D eigenvalue weighted by Gasteiger charge is -2.24. The number of carbonyl (C=O) groups is 3. The van der Waals surface area contributed by atoms with E-state index in [1.165, 1.54) is 11.3 Å². The molecule has 1 heterocycles. The van der Waals surface area contributed by atoms with Crippen LogP contribution in [0.25, 0.3) is 11.1 Å². The van der Waals surface area contributed by atoms with E-state index in [9.17, 15) is 19.5 Å². The number of hydrogen-bond donors (Lipinski definition) is 2. The molecule has 2 amide bonds. The number of carbonyl (C=O) groups excluding carboxylic acids is 2. The van der Waals surface area contributed by atoms with Crippen LogP contribution in [0.1, 0.15) is 38.4 Å². The largest absolute Gasteiger partial charge is 0.481 e. The number of carboxylic acids is 1. The zero-order chi connectivity index (χ0) is 30.8. The molecule has 0 unspecified atom stereocenters. The first-order chi connectivity index (χ1) is 20.7. The fourth-order valence-corrected chi connectivity index (χ4v) is 5.42. The van der Waals surface area contributed by atoms with Crippen molar-refractivity contribution in [2.24, 2.45) is 0 Å². The fraction of sp³-hybridized carbons (Fsp3) is 0.265. The number of rotatable bonds is 14. The third kappa shape index (κ3) is 9.01. The van der Waals surface area contributed by atoms with Gasteiger partial charge in [-0.25, -0.2) is 0 Å². The van der Waals surface area contributed by atoms with Gasteiger partial charge in [0, 0.05) is 32.2 Å². The number of aliphatic carboxylic acids is 1. The fourth-order valence-electron chi connectivity index (χ4n) is 4.80. The van der Waals surface area contributed by atoms with Crippen LogP contribution in [0.5, 0.6) is 0 Å². The molecule has 0 saturated heterocycles. The van der Waals surface area contributed by atoms with E-state index in [4.69, 9.17) is 0 Å². The minimum atomic E-state index is -0.955. The summed E-state index contributed by atoms with van der Waals surface area (Å²) in [6.07, 6.45) is 0.834. The van der Waals surface area contributed by atoms with Gasteiger partial charge in [0.2, 0.25) is 0 Å². The van der Waals surface area contributed by atoms with Crippen LogP contribution >= 0.6 is 11.3 Å². The van der Waals surface area contributed by atoms with Crippen LogP contribution in [-0.4, -0.2) is 73.5 Å². The summed E-state index contributed by atoms with van der Waals surface area (Å²) >= 11 is 1.40. The number of carboxylic acid groups (broad SMARTS) is 1. The minimum absolute atomic E-state index is 0.0983. The highest BCUT2D eigenvalue weighted by atomic mass is 32.1. The summed E-state index contributed by atoms with van der Waals surface area (Å²) in [4.78, 5) is 44.2. The SMILES string of the molecule is CN(C)CCCN(C)c1ccc(-c2cccc(CN(CCC(=O)O)C(=O)c3ccccc3)c2)cc1NC(=O)c1cccs1. The van der Waals surface area contributed by atoms with Crippen LogP contribution in [0.4, 0.5) is 11.4 Å². The van der Waals surface area contributed by atoms with Crippen molar-refractivity contribution >= 4 is 40.5 Å². The van der Waals surface area contributed by atoms with Gasteiger partial charge in [-0.05, 0) is 85.5 Å². The van der Waals surface area contributed by atoms with E-state index in [1.807, 2.05) is 67.0 Å². The average molecular weight is 599 g/mol. The Morgan fingerprint density at radius 1 is 0.814 bits per heavy atom. The molecule has 0 spiro atoms. The molecule has 224 valence electrons. The molecule has 4 rings (SSSR count). The summed E-state index contributed by atoms with van der Waals surface area (Å²) in [7, 11) is 6.14. The number of anilines is 2. The van der Waals surface area contributed by atoms with Gasteiger partial charge >= 0.3 is 5.97 Å². The maximum absolute atomic E-state index is 13.3. The predicted octanol–water partition coefficient (Wildman–Crippen LogP) is 6.17. The maximum atomic E-state index is 13.3. The highest BCUT2D eigenvalue weighted by Crippen LogP contribution is 2.32. The molecular weight excluding hydrogens is 560 g/mol. The monoisotopic (exact) mass is 598 g/mol. The molecule has 2 N–H and O–H groups in total. The van der Waals surface area contributed by atoms with E-state index in [0.717, 1.165) is 47.6 Å². The van der Waals surface area contributed by atoms with Crippen molar-refractivity contribution in [1.82, 2.24) is 9.80 Å². The quantitative estimate of drug-likeness (QED) is 0.180. The summed E-state index contributed by atoms with van der Waals surface area (Å²) in [6, 6.07) is 26.5. The molecule has 8 nitrogen and oxygen atoms in total. The van der Waals surface area contributed by atoms with Crippen molar-refractivity contribution < 1.29 is 19.5 Å². The van der Waals surface area contributed by atoms with Crippen molar-refractivity contribution in [2.45, 2.75) is 19.4 Å². The Kier molecular flexibility index (Phi) is 11.1. The number of thiophene rings is 1. The van der Waals surface area contributed by atoms with Crippen molar-refractivity contribution in [3.8, 4) is 11.1 Å². The standard InChI is InChI=1S/C34H38N4O4S/c1-36(2)18-9-19-37(3)30-16-15-28(23-29(30)35-33(41)31-14-8-21-43-31)27-13-7-10-25(22-27)24-38(20-17-32(39)40)34(42)26-11-5-4-6-12-26/h4-8,10-16,21-23H,9,17-20,24H2,1-3H3,(H,35,41)(H,39,40). The molecule has 0 aliphatic heterocycles. The molecule has 0 atom stereocenters. The van der Waals surface area contributed by atoms with E-state index in [2.05, 4.69) is 29.2 Å². The molecule has 0 saturated carbocycles. The molecule has 0 radical (unpaired) electrons. The third-order valence-electron chi connectivity index (χ3n) is 7.04. The molecule has 3 aromatic carbocycles. The van der Waals surface area contributed by atoms with Gasteiger partial charge in [-0.2, -0.15) is 0 Å². The van der Waals surface area contributed by atoms with E-state index < -0.39 is 5.97 Å². The Hall–Kier alpha value is -4.47. The highest BCUT2D eigenvalue weighted by Gasteiger charge is 2.18. The van der Waals surface area contributed by atoms with Gasteiger partial charge in [-0.1, -0.05) is 48.5 Å². The normalized spacial score (nSPS) is 10.9. The predicted molar refractivity (Wildman–Crippen MR) is 174 cm³/mol. The van der Waals surface area contributed by atoms with Crippen LogP contribution < -0.4 is 10.2 Å². The molecule has 0 aliphatic carbocycles. The lowest BCUT2D eigenvalue weighted by Crippen LogP contribution is -2.32. The molecule has 4 aromatic rings. The maximum Gasteiger partial charge on any atom is 0.305 e. The highest BCUT2D eigenvalue weighted by molar-refractivity contribution is 7.12. The van der Waals surface area contributed by atoms with Gasteiger partial charge in [-0.3, -0.25) is 14.4 Å². The number of hydrogen-bond acceptors (Lipinski definition) is 6. The Labute approximate surface area is 257 Å². The van der Waals surface area contributed by atoms with E-state index in [-0.39, 0.29) is 31.3 Å². The Morgan fingerprint density at radius 2 is 1.58 bits per heavy atom. The zero-order valence-corrected chi connectivity index (χ0v) is 25.6. The second kappa shape index (κ2) is 15.1. The van der Waals surface area contributed by atoms with Gasteiger partial charge in [0.15, 0.2) is 0 Å². The smallest absolute Gasteiger partial charge is 0.305 e. The topological polar surface area (TPSA) is 93.2 Å². The van der Waals surface area contributed by atoms with Crippen LogP contribution in [-0.2, 0) is 11.3 Å². The lowest BCUT2D eigenvalue weighted by atomic mass is 10.0. The number of benzene rings is 3. The average Bonchev–Trinajstić information content (AvgIpc) is 3.55. The van der Waals surface area contributed by atoms with Crippen molar-refractivity contribution in [3.63, 3.8) is 0 Å². The van der Waals surface area contributed by atoms with Gasteiger partial charge in [0.05, 0.1) is 22.7 Å². The van der Waals surface area contributed by atoms with Gasteiger partial charge in [0.1, 0.15) is 0 Å². The van der Waals surface area contributed by atoms with Crippen molar-refractivity contribution in [3.05, 3.63) is 106 Å². The van der Waals surface area contributed by atoms with E-state index >= 15 is 0 Å². The molecule has 43 heavy (non-hydrogen) atoms. The second-order valence-corrected chi connectivity index (χ2v) is 11.6. The minimum Gasteiger partial charge on any atom is -0.481 e. The molecule has 0 aliphatic rings. The second-order valence-electron chi connectivity index (χ2n) is 10.7. The Bertz CT molecular complexity index is 1520. The summed E-state index contributed by atoms with van der Waals surface area (Å²) in [5.41, 5.74) is 4.88. The molecular formula is C34H38N4O4S. The number of nitrogens with zero attached hydrogens (tertiary/aromatic N) is 3. The Balaban J connectivity index is 1.61. The first-order valence-corrected chi connectivity index (χ1v) is 15.1. The Morgan fingerprint density at radius 3 is 2.28 bits per heavy atom. The van der Waals surface area contributed by atoms with Gasteiger partial charge in [-0.15, -0.1) is 11.3 Å². The summed E-state index contributed by atoms with van der Waals surface area (Å²) in [5, 5.41) is 14.3. The van der Waals surface area contributed by atoms with Crippen LogP contribution in [0.3, 0.4) is 0 Å². The molecule has 0 bridgehead atoms. The van der Waals surface area contributed by atoms with Crippen molar-refractivity contribution in [2.75, 3.05) is 51.0 Å². The van der Waals surface area contributed by atoms with Gasteiger partial charge < -0.3 is 25.1 Å². The van der Waals surface area contributed by atoms with Crippen LogP contribution in [0.15, 0.2) is 90.3 Å². The number of nitrogens with one attached hydrogen (secondary N) is 1. The summed E-state index contributed by atoms with van der Waals surface area (Å²) < 4.78 is 0. The third-order valence-corrected chi connectivity index (χ3v) is 7.91. The lowest BCUT2D eigenvalue weighted by molar-refractivity contribution is -0.137. The first-order valence-electron chi connectivity index (χ1n) is 14.2. The van der Waals surface area contributed by atoms with Crippen LogP contribution in [0.2, 0.25) is 0 Å². The van der Waals surface area contributed by atoms with Gasteiger partial charge in [0.25, 0.3) is 11.8 Å². The summed E-state index contributed by atoms with van der Waals surface area (Å²) in [5.74, 6) is -1.33. The molecule has 0 fully saturated rings. The molecule has 1 aromatic heterocycles. The van der Waals surface area contributed by atoms with E-state index in [1.54, 1.807) is 35.2 Å². The first kappa shape index (κ1) is 31.5. The molecule has 9 heteroatoms. The van der Waals surface area contributed by atoms with E-state index in [0.29, 0.717) is 10.4 Å².